The third-order valence-electron chi connectivity index (χ3n) is 7.82. The Hall–Kier alpha value is -2.85. The van der Waals surface area contributed by atoms with Crippen molar-refractivity contribution >= 4 is 33.5 Å². The van der Waals surface area contributed by atoms with Gasteiger partial charge in [0, 0.05) is 31.2 Å². The van der Waals surface area contributed by atoms with Crippen LogP contribution in [0.1, 0.15) is 52.9 Å². The standard InChI is InChI=1S/C25H34F6N4O6S/c1-23(2,3)18(34-22(39)25(29,30)31)21(38)35-14-5-6-15(24(27,28)11-14)17(35)20(37)33-13(10-16(26)42(4,40)41)9-12-7-8-32-19(12)36/h10,12-15,17-18H,5-9,11H2,1-4H3,(H,32,36)(H,33,37)(H,34,39)/b16-10-/t12-,13+,14+,15+,17-,18-/m0/s1. The van der Waals surface area contributed by atoms with Gasteiger partial charge in [-0.15, -0.1) is 0 Å². The number of nitrogens with zero attached hydrogens (tertiary/aromatic N) is 1. The molecule has 0 radical (unpaired) electrons. The van der Waals surface area contributed by atoms with Crippen molar-refractivity contribution in [2.24, 2.45) is 17.3 Å². The molecule has 3 heterocycles. The lowest BCUT2D eigenvalue weighted by Gasteiger charge is -2.55. The molecular formula is C25H34F6N4O6S. The van der Waals surface area contributed by atoms with Gasteiger partial charge in [-0.1, -0.05) is 20.8 Å². The molecule has 0 spiro atoms. The summed E-state index contributed by atoms with van der Waals surface area (Å²) in [5.74, 6) is -11.3. The van der Waals surface area contributed by atoms with Crippen LogP contribution in [-0.2, 0) is 29.0 Å². The Bertz CT molecular complexity index is 1250. The molecule has 0 aromatic carbocycles. The SMILES string of the molecule is CC(C)(C)[C@@H](NC(=O)C(F)(F)F)C(=O)N1[C@@H]2CC[C@H]([C@H]1C(=O)N[C@@H](/C=C(/F)S(C)(=O)=O)C[C@@H]1CCNC1=O)C(F)(F)C2. The van der Waals surface area contributed by atoms with Crippen LogP contribution >= 0.6 is 0 Å². The maximum atomic E-state index is 15.1. The highest BCUT2D eigenvalue weighted by Crippen LogP contribution is 2.49. The fourth-order valence-electron chi connectivity index (χ4n) is 5.73. The number of piperidine rings is 2. The fraction of sp³-hybridized carbons (Fsp3) is 0.760. The molecule has 4 rings (SSSR count). The molecule has 1 aliphatic carbocycles. The molecule has 4 amide bonds. The Labute approximate surface area is 238 Å². The van der Waals surface area contributed by atoms with E-state index in [1.807, 2.05) is 0 Å². The van der Waals surface area contributed by atoms with E-state index in [1.165, 1.54) is 20.8 Å². The van der Waals surface area contributed by atoms with Crippen molar-refractivity contribution in [1.29, 1.82) is 0 Å². The minimum absolute atomic E-state index is 0.00808. The van der Waals surface area contributed by atoms with Crippen LogP contribution in [-0.4, -0.2) is 86.0 Å². The molecule has 1 saturated carbocycles. The number of amides is 4. The third kappa shape index (κ3) is 7.37. The largest absolute Gasteiger partial charge is 0.471 e. The van der Waals surface area contributed by atoms with E-state index in [-0.39, 0.29) is 32.2 Å². The minimum atomic E-state index is -5.36. The number of alkyl halides is 5. The molecule has 6 atom stereocenters. The van der Waals surface area contributed by atoms with Crippen LogP contribution in [0.25, 0.3) is 0 Å². The summed E-state index contributed by atoms with van der Waals surface area (Å²) < 4.78 is 107. The summed E-state index contributed by atoms with van der Waals surface area (Å²) in [5, 5.41) is 4.81. The number of halogens is 6. The molecule has 0 unspecified atom stereocenters. The minimum Gasteiger partial charge on any atom is -0.356 e. The molecule has 3 N–H and O–H groups in total. The summed E-state index contributed by atoms with van der Waals surface area (Å²) in [7, 11) is -4.38. The quantitative estimate of drug-likeness (QED) is 0.350. The van der Waals surface area contributed by atoms with Crippen LogP contribution in [0.3, 0.4) is 0 Å². The van der Waals surface area contributed by atoms with Crippen LogP contribution in [0, 0.1) is 17.3 Å². The molecule has 4 aliphatic rings. The lowest BCUT2D eigenvalue weighted by atomic mass is 9.70. The van der Waals surface area contributed by atoms with Gasteiger partial charge in [0.05, 0.1) is 12.0 Å². The number of carbonyl (C=O) groups is 4. The number of hydrogen-bond acceptors (Lipinski definition) is 6. The Morgan fingerprint density at radius 2 is 1.74 bits per heavy atom. The summed E-state index contributed by atoms with van der Waals surface area (Å²) in [4.78, 5) is 52.0. The summed E-state index contributed by atoms with van der Waals surface area (Å²) in [6.07, 6.45) is -5.38. The van der Waals surface area contributed by atoms with Gasteiger partial charge in [-0.25, -0.2) is 17.2 Å². The topological polar surface area (TPSA) is 142 Å². The third-order valence-corrected chi connectivity index (χ3v) is 8.66. The Balaban J connectivity index is 2.00. The van der Waals surface area contributed by atoms with E-state index in [0.29, 0.717) is 12.3 Å². The van der Waals surface area contributed by atoms with E-state index in [1.54, 1.807) is 5.32 Å². The van der Waals surface area contributed by atoms with E-state index < -0.39 is 98.6 Å². The van der Waals surface area contributed by atoms with Gasteiger partial charge in [0.1, 0.15) is 12.1 Å². The van der Waals surface area contributed by atoms with E-state index in [4.69, 9.17) is 0 Å². The van der Waals surface area contributed by atoms with Crippen molar-refractivity contribution in [3.63, 3.8) is 0 Å². The normalized spacial score (nSPS) is 27.7. The fourth-order valence-corrected chi connectivity index (χ4v) is 6.14. The van der Waals surface area contributed by atoms with Crippen molar-refractivity contribution in [1.82, 2.24) is 20.9 Å². The smallest absolute Gasteiger partial charge is 0.356 e. The van der Waals surface area contributed by atoms with Crippen molar-refractivity contribution in [2.45, 2.75) is 89.1 Å². The van der Waals surface area contributed by atoms with Crippen LogP contribution < -0.4 is 16.0 Å². The number of rotatable bonds is 8. The van der Waals surface area contributed by atoms with Gasteiger partial charge in [0.25, 0.3) is 5.92 Å². The lowest BCUT2D eigenvalue weighted by Crippen LogP contribution is -2.71. The second kappa shape index (κ2) is 11.7. The van der Waals surface area contributed by atoms with Crippen molar-refractivity contribution < 1.29 is 53.9 Å². The number of nitrogens with one attached hydrogen (secondary N) is 3. The van der Waals surface area contributed by atoms with Gasteiger partial charge in [-0.05, 0) is 37.2 Å². The second-order valence-electron chi connectivity index (χ2n) is 12.1. The number of sulfone groups is 1. The Kier molecular flexibility index (Phi) is 9.36. The van der Waals surface area contributed by atoms with Gasteiger partial charge in [-0.2, -0.15) is 17.6 Å². The molecule has 10 nitrogen and oxygen atoms in total. The zero-order valence-corrected chi connectivity index (χ0v) is 24.2. The molecular weight excluding hydrogens is 598 g/mol. The van der Waals surface area contributed by atoms with Crippen LogP contribution in [0.4, 0.5) is 26.3 Å². The van der Waals surface area contributed by atoms with Gasteiger partial charge in [0.15, 0.2) is 0 Å². The van der Waals surface area contributed by atoms with Crippen LogP contribution in [0.5, 0.6) is 0 Å². The number of hydrogen-bond donors (Lipinski definition) is 3. The van der Waals surface area contributed by atoms with Crippen LogP contribution in [0.2, 0.25) is 0 Å². The predicted molar refractivity (Wildman–Crippen MR) is 136 cm³/mol. The molecule has 238 valence electrons. The molecule has 42 heavy (non-hydrogen) atoms. The van der Waals surface area contributed by atoms with Crippen molar-refractivity contribution in [2.75, 3.05) is 12.8 Å². The second-order valence-corrected chi connectivity index (χ2v) is 14.1. The molecule has 0 aromatic heterocycles. The highest BCUT2D eigenvalue weighted by molar-refractivity contribution is 7.94. The highest BCUT2D eigenvalue weighted by atomic mass is 32.2. The van der Waals surface area contributed by atoms with Gasteiger partial charge >= 0.3 is 12.1 Å². The van der Waals surface area contributed by atoms with Crippen LogP contribution in [0.15, 0.2) is 11.2 Å². The summed E-state index contributed by atoms with van der Waals surface area (Å²) in [6.45, 7) is 4.31. The summed E-state index contributed by atoms with van der Waals surface area (Å²) >= 11 is 0. The van der Waals surface area contributed by atoms with Gasteiger partial charge in [0.2, 0.25) is 32.7 Å². The monoisotopic (exact) mass is 632 g/mol. The average Bonchev–Trinajstić information content (AvgIpc) is 3.22. The van der Waals surface area contributed by atoms with E-state index in [2.05, 4.69) is 10.6 Å². The van der Waals surface area contributed by atoms with Gasteiger partial charge in [-0.3, -0.25) is 19.2 Å². The first kappa shape index (κ1) is 33.6. The van der Waals surface area contributed by atoms with E-state index in [9.17, 15) is 45.2 Å². The Morgan fingerprint density at radius 1 is 1.12 bits per heavy atom. The zero-order valence-electron chi connectivity index (χ0n) is 23.4. The molecule has 4 fully saturated rings. The zero-order chi connectivity index (χ0) is 32.0. The first-order chi connectivity index (χ1) is 19.0. The lowest BCUT2D eigenvalue weighted by molar-refractivity contribution is -0.197. The maximum Gasteiger partial charge on any atom is 0.471 e. The predicted octanol–water partition coefficient (Wildman–Crippen LogP) is 1.96. The van der Waals surface area contributed by atoms with E-state index >= 15 is 8.78 Å². The summed E-state index contributed by atoms with van der Waals surface area (Å²) in [5.41, 5.74) is -1.35. The molecule has 17 heteroatoms. The molecule has 3 saturated heterocycles. The Morgan fingerprint density at radius 3 is 2.21 bits per heavy atom. The molecule has 0 aromatic rings. The van der Waals surface area contributed by atoms with E-state index in [0.717, 1.165) is 4.90 Å². The number of fused-ring (bicyclic) bond motifs is 3. The molecule has 2 bridgehead atoms. The maximum absolute atomic E-state index is 15.1. The first-order valence-corrected chi connectivity index (χ1v) is 15.2. The van der Waals surface area contributed by atoms with Crippen molar-refractivity contribution in [3.05, 3.63) is 11.2 Å². The molecule has 3 aliphatic heterocycles. The van der Waals surface area contributed by atoms with Gasteiger partial charge < -0.3 is 20.9 Å². The van der Waals surface area contributed by atoms with Crippen molar-refractivity contribution in [3.8, 4) is 0 Å². The average molecular weight is 633 g/mol. The highest BCUT2D eigenvalue weighted by Gasteiger charge is 2.61. The first-order valence-electron chi connectivity index (χ1n) is 13.3. The number of carbonyl (C=O) groups excluding carboxylic acids is 4. The summed E-state index contributed by atoms with van der Waals surface area (Å²) in [6, 6.07) is -6.56.